The van der Waals surface area contributed by atoms with Crippen molar-refractivity contribution in [3.8, 4) is 34.1 Å². The van der Waals surface area contributed by atoms with Crippen LogP contribution in [-0.2, 0) is 11.0 Å². The van der Waals surface area contributed by atoms with E-state index in [-0.39, 0.29) is 29.1 Å². The number of alkyl halides is 3. The van der Waals surface area contributed by atoms with E-state index in [9.17, 15) is 28.0 Å². The monoisotopic (exact) mass is 627 g/mol. The van der Waals surface area contributed by atoms with E-state index < -0.39 is 17.8 Å². The summed E-state index contributed by atoms with van der Waals surface area (Å²) in [7, 11) is 0. The van der Waals surface area contributed by atoms with Gasteiger partial charge in [-0.2, -0.15) is 28.5 Å². The maximum Gasteiger partial charge on any atom is 0.416 e. The number of fused-ring (bicyclic) bond motifs is 1. The first-order valence-corrected chi connectivity index (χ1v) is 14.5. The normalized spacial score (nSPS) is 13.9. The molecule has 3 aromatic heterocycles. The summed E-state index contributed by atoms with van der Waals surface area (Å²) in [6, 6.07) is 15.0. The second kappa shape index (κ2) is 12.0. The Bertz CT molecular complexity index is 1980. The quantitative estimate of drug-likeness (QED) is 0.261. The van der Waals surface area contributed by atoms with Crippen molar-refractivity contribution in [2.24, 2.45) is 0 Å². The lowest BCUT2D eigenvalue weighted by molar-refractivity contribution is -0.137. The minimum absolute atomic E-state index is 0.0111. The van der Waals surface area contributed by atoms with E-state index >= 15 is 0 Å². The number of carbonyl (C=O) groups excluding carboxylic acids is 2. The standard InChI is InChI=1S/C32H28F3N9O2/c1-19-26(27-10-13-37-44(27)25-8-6-21(17-36)7-9-25)18-43-29(28(19)22-4-3-5-23(16-22)32(33,34)35)39-30(41-43)40-31(46)38-24-11-14-42(15-12-24)20(2)45/h3-10,13,16,18,24H,11-12,14-15H2,1-2H3,(H2,38,40,41,46). The van der Waals surface area contributed by atoms with Gasteiger partial charge in [-0.05, 0) is 73.4 Å². The predicted octanol–water partition coefficient (Wildman–Crippen LogP) is 5.58. The van der Waals surface area contributed by atoms with E-state index in [1.54, 1.807) is 65.3 Å². The Morgan fingerprint density at radius 3 is 2.48 bits per heavy atom. The van der Waals surface area contributed by atoms with E-state index in [1.807, 2.05) is 0 Å². The van der Waals surface area contributed by atoms with Crippen molar-refractivity contribution < 1.29 is 22.8 Å². The van der Waals surface area contributed by atoms with Crippen LogP contribution in [0.2, 0.25) is 0 Å². The molecule has 0 radical (unpaired) electrons. The van der Waals surface area contributed by atoms with E-state index in [0.717, 1.165) is 12.1 Å². The molecule has 0 unspecified atom stereocenters. The maximum atomic E-state index is 13.8. The minimum atomic E-state index is -4.56. The van der Waals surface area contributed by atoms with Gasteiger partial charge in [-0.25, -0.2) is 14.0 Å². The molecule has 6 rings (SSSR count). The molecule has 14 heteroatoms. The zero-order valence-electron chi connectivity index (χ0n) is 24.8. The van der Waals surface area contributed by atoms with Gasteiger partial charge >= 0.3 is 12.2 Å². The van der Waals surface area contributed by atoms with Crippen LogP contribution in [-0.4, -0.2) is 60.3 Å². The van der Waals surface area contributed by atoms with Gasteiger partial charge in [0.15, 0.2) is 5.65 Å². The third kappa shape index (κ3) is 5.99. The Balaban J connectivity index is 1.40. The summed E-state index contributed by atoms with van der Waals surface area (Å²) >= 11 is 0. The van der Waals surface area contributed by atoms with Gasteiger partial charge in [0, 0.05) is 43.4 Å². The average Bonchev–Trinajstić information content (AvgIpc) is 3.67. The van der Waals surface area contributed by atoms with Crippen molar-refractivity contribution in [1.29, 1.82) is 5.26 Å². The number of aromatic nitrogens is 5. The number of pyridine rings is 1. The van der Waals surface area contributed by atoms with Crippen LogP contribution < -0.4 is 10.6 Å². The summed E-state index contributed by atoms with van der Waals surface area (Å²) in [6.07, 6.45) is -0.0836. The molecule has 4 heterocycles. The summed E-state index contributed by atoms with van der Waals surface area (Å²) < 4.78 is 44.4. The van der Waals surface area contributed by atoms with E-state index in [0.29, 0.717) is 59.6 Å². The second-order valence-electron chi connectivity index (χ2n) is 11.0. The lowest BCUT2D eigenvalue weighted by atomic mass is 9.95. The molecule has 1 saturated heterocycles. The molecular weight excluding hydrogens is 599 g/mol. The Morgan fingerprint density at radius 1 is 1.07 bits per heavy atom. The molecule has 1 aliphatic heterocycles. The first-order valence-electron chi connectivity index (χ1n) is 14.5. The topological polar surface area (TPSA) is 133 Å². The van der Waals surface area contributed by atoms with Crippen LogP contribution in [0.4, 0.5) is 23.9 Å². The van der Waals surface area contributed by atoms with Gasteiger partial charge in [-0.3, -0.25) is 10.1 Å². The highest BCUT2D eigenvalue weighted by molar-refractivity contribution is 5.90. The number of amides is 3. The fourth-order valence-corrected chi connectivity index (χ4v) is 5.67. The van der Waals surface area contributed by atoms with Crippen molar-refractivity contribution in [2.45, 2.75) is 38.9 Å². The molecule has 2 N–H and O–H groups in total. The number of piperidine rings is 1. The SMILES string of the molecule is CC(=O)N1CCC(NC(=O)Nc2nc3c(-c4cccc(C(F)(F)F)c4)c(C)c(-c4ccnn4-c4ccc(C#N)cc4)cn3n2)CC1. The van der Waals surface area contributed by atoms with Gasteiger partial charge in [0.2, 0.25) is 5.91 Å². The van der Waals surface area contributed by atoms with Crippen LogP contribution in [0.15, 0.2) is 67.0 Å². The number of halogens is 3. The molecule has 0 bridgehead atoms. The van der Waals surface area contributed by atoms with Crippen LogP contribution >= 0.6 is 0 Å². The molecule has 3 amide bonds. The number of anilines is 1. The fourth-order valence-electron chi connectivity index (χ4n) is 5.67. The first-order chi connectivity index (χ1) is 22.0. The molecule has 0 spiro atoms. The van der Waals surface area contributed by atoms with E-state index in [1.165, 1.54) is 17.5 Å². The number of urea groups is 1. The van der Waals surface area contributed by atoms with Gasteiger partial charge in [0.05, 0.1) is 34.8 Å². The highest BCUT2D eigenvalue weighted by atomic mass is 19.4. The van der Waals surface area contributed by atoms with Crippen LogP contribution in [0.1, 0.15) is 36.5 Å². The van der Waals surface area contributed by atoms with Crippen molar-refractivity contribution in [1.82, 2.24) is 34.6 Å². The Hall–Kier alpha value is -5.71. The highest BCUT2D eigenvalue weighted by Gasteiger charge is 2.31. The molecular formula is C32H28F3N9O2. The van der Waals surface area contributed by atoms with Gasteiger partial charge in [-0.1, -0.05) is 12.1 Å². The van der Waals surface area contributed by atoms with E-state index in [2.05, 4.69) is 31.9 Å². The van der Waals surface area contributed by atoms with Crippen molar-refractivity contribution in [2.75, 3.05) is 18.4 Å². The van der Waals surface area contributed by atoms with Crippen molar-refractivity contribution >= 4 is 23.5 Å². The molecule has 1 aliphatic rings. The van der Waals surface area contributed by atoms with Crippen molar-refractivity contribution in [3.05, 3.63) is 83.7 Å². The third-order valence-corrected chi connectivity index (χ3v) is 8.02. The molecule has 234 valence electrons. The number of benzene rings is 2. The Labute approximate surface area is 261 Å². The number of rotatable bonds is 5. The predicted molar refractivity (Wildman–Crippen MR) is 163 cm³/mol. The summed E-state index contributed by atoms with van der Waals surface area (Å²) in [6.45, 7) is 4.36. The molecule has 11 nitrogen and oxygen atoms in total. The molecule has 0 atom stereocenters. The Morgan fingerprint density at radius 2 is 1.80 bits per heavy atom. The van der Waals surface area contributed by atoms with Crippen LogP contribution in [0.5, 0.6) is 0 Å². The molecule has 5 aromatic rings. The van der Waals surface area contributed by atoms with Gasteiger partial charge in [0.25, 0.3) is 5.95 Å². The van der Waals surface area contributed by atoms with Gasteiger partial charge < -0.3 is 10.2 Å². The molecule has 0 saturated carbocycles. The molecule has 0 aliphatic carbocycles. The lowest BCUT2D eigenvalue weighted by Crippen LogP contribution is -2.47. The number of likely N-dealkylation sites (tertiary alicyclic amines) is 1. The summed E-state index contributed by atoms with van der Waals surface area (Å²) in [5.74, 6) is -0.0490. The number of nitriles is 1. The summed E-state index contributed by atoms with van der Waals surface area (Å²) in [5.41, 5.74) is 3.09. The van der Waals surface area contributed by atoms with Crippen molar-refractivity contribution in [3.63, 3.8) is 0 Å². The van der Waals surface area contributed by atoms with Gasteiger partial charge in [-0.15, -0.1) is 5.10 Å². The second-order valence-corrected chi connectivity index (χ2v) is 11.0. The molecule has 1 fully saturated rings. The Kier molecular flexibility index (Phi) is 7.91. The molecule has 46 heavy (non-hydrogen) atoms. The van der Waals surface area contributed by atoms with Gasteiger partial charge in [0.1, 0.15) is 0 Å². The van der Waals surface area contributed by atoms with Crippen LogP contribution in [0, 0.1) is 18.3 Å². The molecule has 2 aromatic carbocycles. The van der Waals surface area contributed by atoms with Crippen LogP contribution in [0.3, 0.4) is 0 Å². The average molecular weight is 628 g/mol. The first kappa shape index (κ1) is 30.3. The zero-order chi connectivity index (χ0) is 32.6. The van der Waals surface area contributed by atoms with Crippen LogP contribution in [0.25, 0.3) is 33.7 Å². The summed E-state index contributed by atoms with van der Waals surface area (Å²) in [4.78, 5) is 30.8. The maximum absolute atomic E-state index is 13.8. The summed E-state index contributed by atoms with van der Waals surface area (Å²) in [5, 5.41) is 23.7. The number of hydrogen-bond acceptors (Lipinski definition) is 6. The third-order valence-electron chi connectivity index (χ3n) is 8.02. The number of hydrogen-bond donors (Lipinski definition) is 2. The fraction of sp³-hybridized carbons (Fsp3) is 0.250. The minimum Gasteiger partial charge on any atom is -0.343 e. The number of nitrogens with zero attached hydrogens (tertiary/aromatic N) is 7. The number of nitrogens with one attached hydrogen (secondary N) is 2. The smallest absolute Gasteiger partial charge is 0.343 e. The number of carbonyl (C=O) groups is 2. The zero-order valence-corrected chi connectivity index (χ0v) is 24.8. The lowest BCUT2D eigenvalue weighted by Gasteiger charge is -2.31. The highest BCUT2D eigenvalue weighted by Crippen LogP contribution is 2.38. The van der Waals surface area contributed by atoms with E-state index in [4.69, 9.17) is 0 Å². The largest absolute Gasteiger partial charge is 0.416 e.